The Bertz CT molecular complexity index is 1430. The maximum Gasteiger partial charge on any atom is 0.416 e. The van der Waals surface area contributed by atoms with E-state index in [-0.39, 0.29) is 6.04 Å². The number of rotatable bonds is 6. The molecule has 0 N–H and O–H groups in total. The van der Waals surface area contributed by atoms with E-state index in [4.69, 9.17) is 0 Å². The molecule has 0 aromatic heterocycles. The van der Waals surface area contributed by atoms with E-state index in [0.29, 0.717) is 23.4 Å². The van der Waals surface area contributed by atoms with Crippen molar-refractivity contribution >= 4 is 23.2 Å². The first-order valence-corrected chi connectivity index (χ1v) is 13.0. The average molecular weight is 557 g/mol. The van der Waals surface area contributed by atoms with Crippen LogP contribution in [0.1, 0.15) is 40.3 Å². The topological polar surface area (TPSA) is 15.6 Å². The highest BCUT2D eigenvalue weighted by atomic mass is 32.2. The maximum absolute atomic E-state index is 13.1. The molecule has 0 fully saturated rings. The minimum Gasteiger partial charge on any atom is -0.257 e. The molecular formula is C30H22F6N2S. The summed E-state index contributed by atoms with van der Waals surface area (Å²) in [6.07, 6.45) is -8.54. The number of nitrogens with zero attached hydrogens (tertiary/aromatic N) is 2. The molecule has 1 aliphatic heterocycles. The Labute approximate surface area is 226 Å². The van der Waals surface area contributed by atoms with Crippen LogP contribution >= 0.6 is 11.8 Å². The first-order valence-electron chi connectivity index (χ1n) is 12.1. The van der Waals surface area contributed by atoms with Crippen LogP contribution in [0.3, 0.4) is 0 Å². The largest absolute Gasteiger partial charge is 0.416 e. The summed E-state index contributed by atoms with van der Waals surface area (Å²) in [5.41, 5.74) is 2.10. The molecule has 1 aliphatic rings. The molecule has 0 aliphatic carbocycles. The van der Waals surface area contributed by atoms with E-state index >= 15 is 0 Å². The van der Waals surface area contributed by atoms with Crippen molar-refractivity contribution in [2.75, 3.05) is 5.01 Å². The molecule has 5 rings (SSSR count). The third kappa shape index (κ3) is 6.30. The predicted octanol–water partition coefficient (Wildman–Crippen LogP) is 9.37. The van der Waals surface area contributed by atoms with Crippen LogP contribution in [0.2, 0.25) is 0 Å². The molecule has 9 heteroatoms. The Hall–Kier alpha value is -3.72. The van der Waals surface area contributed by atoms with Crippen LogP contribution < -0.4 is 5.01 Å². The Balaban J connectivity index is 1.41. The molecule has 1 atom stereocenters. The Morgan fingerprint density at radius 2 is 1.26 bits per heavy atom. The van der Waals surface area contributed by atoms with Gasteiger partial charge in [0.25, 0.3) is 0 Å². The summed E-state index contributed by atoms with van der Waals surface area (Å²) in [6, 6.07) is 27.1. The van der Waals surface area contributed by atoms with Crippen LogP contribution in [0.15, 0.2) is 113 Å². The molecule has 0 radical (unpaired) electrons. The molecular weight excluding hydrogens is 534 g/mol. The fourth-order valence-corrected chi connectivity index (χ4v) is 5.22. The number of benzene rings is 4. The summed E-state index contributed by atoms with van der Waals surface area (Å²) in [5, 5.41) is 6.29. The second-order valence-electron chi connectivity index (χ2n) is 9.07. The van der Waals surface area contributed by atoms with Gasteiger partial charge in [0.1, 0.15) is 0 Å². The lowest BCUT2D eigenvalue weighted by Crippen LogP contribution is -2.18. The fourth-order valence-electron chi connectivity index (χ4n) is 4.36. The van der Waals surface area contributed by atoms with Crippen LogP contribution in [0.25, 0.3) is 0 Å². The zero-order chi connectivity index (χ0) is 27.6. The third-order valence-electron chi connectivity index (χ3n) is 6.43. The zero-order valence-electron chi connectivity index (χ0n) is 20.4. The van der Waals surface area contributed by atoms with Gasteiger partial charge in [0.05, 0.1) is 28.6 Å². The molecule has 0 saturated heterocycles. The molecule has 39 heavy (non-hydrogen) atoms. The number of hydrazone groups is 1. The van der Waals surface area contributed by atoms with Gasteiger partial charge in [0.15, 0.2) is 0 Å². The highest BCUT2D eigenvalue weighted by Gasteiger charge is 2.34. The van der Waals surface area contributed by atoms with E-state index in [1.807, 2.05) is 42.5 Å². The second-order valence-corrected chi connectivity index (χ2v) is 10.1. The van der Waals surface area contributed by atoms with Gasteiger partial charge in [-0.15, -0.1) is 11.8 Å². The van der Waals surface area contributed by atoms with Gasteiger partial charge in [0, 0.05) is 17.1 Å². The van der Waals surface area contributed by atoms with Gasteiger partial charge >= 0.3 is 12.4 Å². The van der Waals surface area contributed by atoms with Crippen molar-refractivity contribution in [3.63, 3.8) is 0 Å². The zero-order valence-corrected chi connectivity index (χ0v) is 21.2. The van der Waals surface area contributed by atoms with Gasteiger partial charge in [-0.25, -0.2) is 0 Å². The van der Waals surface area contributed by atoms with Gasteiger partial charge in [0.2, 0.25) is 0 Å². The van der Waals surface area contributed by atoms with Crippen molar-refractivity contribution in [1.29, 1.82) is 0 Å². The van der Waals surface area contributed by atoms with Gasteiger partial charge < -0.3 is 0 Å². The number of halogens is 6. The van der Waals surface area contributed by atoms with Gasteiger partial charge in [-0.2, -0.15) is 31.4 Å². The molecule has 0 saturated carbocycles. The molecule has 200 valence electrons. The average Bonchev–Trinajstić information content (AvgIpc) is 3.38. The predicted molar refractivity (Wildman–Crippen MR) is 142 cm³/mol. The Morgan fingerprint density at radius 3 is 1.82 bits per heavy atom. The fraction of sp³-hybridized carbons (Fsp3) is 0.167. The monoisotopic (exact) mass is 556 g/mol. The standard InChI is InChI=1S/C30H22F6N2S/c31-29(32,33)23-10-6-21(7-11-23)27-18-28(38(37-27)25-14-12-24(13-15-25)30(34,35)36)22-8-16-26(17-9-22)39-19-20-4-2-1-3-5-20/h1-17,28H,18-19H2. The summed E-state index contributed by atoms with van der Waals surface area (Å²) in [7, 11) is 0. The molecule has 2 nitrogen and oxygen atoms in total. The summed E-state index contributed by atoms with van der Waals surface area (Å²) >= 11 is 1.69. The maximum atomic E-state index is 13.1. The van der Waals surface area contributed by atoms with Gasteiger partial charge in [-0.1, -0.05) is 54.6 Å². The van der Waals surface area contributed by atoms with Gasteiger partial charge in [-0.05, 0) is 65.2 Å². The lowest BCUT2D eigenvalue weighted by atomic mass is 9.97. The number of anilines is 1. The van der Waals surface area contributed by atoms with E-state index in [9.17, 15) is 26.3 Å². The van der Waals surface area contributed by atoms with Crippen LogP contribution in [-0.2, 0) is 18.1 Å². The Kier molecular flexibility index (Phi) is 7.44. The Morgan fingerprint density at radius 1 is 0.692 bits per heavy atom. The van der Waals surface area contributed by atoms with E-state index in [1.54, 1.807) is 16.8 Å². The quantitative estimate of drug-likeness (QED) is 0.174. The summed E-state index contributed by atoms with van der Waals surface area (Å²) in [5.74, 6) is 0.808. The molecule has 4 aromatic rings. The molecule has 0 spiro atoms. The second kappa shape index (κ2) is 10.8. The summed E-state index contributed by atoms with van der Waals surface area (Å²) < 4.78 is 78.5. The SMILES string of the molecule is FC(F)(F)c1ccc(C2=NN(c3ccc(C(F)(F)F)cc3)C(c3ccc(SCc4ccccc4)cc3)C2)cc1. The molecule has 0 bridgehead atoms. The van der Waals surface area contributed by atoms with Crippen LogP contribution in [0.4, 0.5) is 32.0 Å². The van der Waals surface area contributed by atoms with Gasteiger partial charge in [-0.3, -0.25) is 5.01 Å². The van der Waals surface area contributed by atoms with Crippen LogP contribution in [0.5, 0.6) is 0 Å². The highest BCUT2D eigenvalue weighted by molar-refractivity contribution is 7.98. The minimum absolute atomic E-state index is 0.341. The first-order chi connectivity index (χ1) is 18.6. The van der Waals surface area contributed by atoms with E-state index in [1.165, 1.54) is 29.8 Å². The van der Waals surface area contributed by atoms with E-state index < -0.39 is 23.5 Å². The number of alkyl halides is 6. The van der Waals surface area contributed by atoms with Crippen molar-refractivity contribution in [2.45, 2.75) is 35.5 Å². The number of hydrogen-bond acceptors (Lipinski definition) is 3. The van der Waals surface area contributed by atoms with Crippen molar-refractivity contribution in [1.82, 2.24) is 0 Å². The van der Waals surface area contributed by atoms with Crippen molar-refractivity contribution in [2.24, 2.45) is 5.10 Å². The molecule has 1 heterocycles. The first kappa shape index (κ1) is 26.9. The smallest absolute Gasteiger partial charge is 0.257 e. The van der Waals surface area contributed by atoms with Crippen LogP contribution in [-0.4, -0.2) is 5.71 Å². The van der Waals surface area contributed by atoms with Crippen molar-refractivity contribution in [3.8, 4) is 0 Å². The minimum atomic E-state index is -4.47. The third-order valence-corrected chi connectivity index (χ3v) is 7.51. The van der Waals surface area contributed by atoms with Crippen molar-refractivity contribution in [3.05, 3.63) is 131 Å². The summed E-state index contributed by atoms with van der Waals surface area (Å²) in [4.78, 5) is 1.06. The molecule has 4 aromatic carbocycles. The highest BCUT2D eigenvalue weighted by Crippen LogP contribution is 2.39. The lowest BCUT2D eigenvalue weighted by molar-refractivity contribution is -0.138. The molecule has 1 unspecified atom stereocenters. The van der Waals surface area contributed by atoms with Crippen LogP contribution in [0, 0.1) is 0 Å². The van der Waals surface area contributed by atoms with E-state index in [0.717, 1.165) is 40.5 Å². The number of hydrogen-bond donors (Lipinski definition) is 0. The molecule has 0 amide bonds. The summed E-state index contributed by atoms with van der Waals surface area (Å²) in [6.45, 7) is 0. The van der Waals surface area contributed by atoms with E-state index in [2.05, 4.69) is 17.2 Å². The lowest BCUT2D eigenvalue weighted by Gasteiger charge is -2.24. The van der Waals surface area contributed by atoms with Crippen molar-refractivity contribution < 1.29 is 26.3 Å². The normalized spacial score (nSPS) is 15.9. The number of thioether (sulfide) groups is 1.